The van der Waals surface area contributed by atoms with Gasteiger partial charge < -0.3 is 9.73 Å². The number of hydrogen-bond acceptors (Lipinski definition) is 4. The Bertz CT molecular complexity index is 892. The van der Waals surface area contributed by atoms with Crippen molar-refractivity contribution < 1.29 is 9.21 Å². The van der Waals surface area contributed by atoms with Crippen molar-refractivity contribution in [2.75, 3.05) is 6.54 Å². The second-order valence-corrected chi connectivity index (χ2v) is 6.54. The van der Waals surface area contributed by atoms with Gasteiger partial charge in [-0.25, -0.2) is 0 Å². The molecule has 0 saturated carbocycles. The monoisotopic (exact) mass is 369 g/mol. The van der Waals surface area contributed by atoms with Crippen LogP contribution in [-0.4, -0.2) is 22.6 Å². The number of carbonyl (C=O) groups is 1. The summed E-state index contributed by atoms with van der Waals surface area (Å²) in [5.41, 5.74) is 3.11. The first kappa shape index (κ1) is 18.1. The van der Waals surface area contributed by atoms with Crippen LogP contribution in [0.1, 0.15) is 23.4 Å². The van der Waals surface area contributed by atoms with Gasteiger partial charge in [0.15, 0.2) is 0 Å². The highest BCUT2D eigenvalue weighted by molar-refractivity contribution is 6.30. The highest BCUT2D eigenvalue weighted by Gasteiger charge is 2.10. The molecule has 3 rings (SSSR count). The Balaban J connectivity index is 1.45. The molecule has 0 radical (unpaired) electrons. The molecule has 3 aromatic rings. The van der Waals surface area contributed by atoms with E-state index >= 15 is 0 Å². The molecule has 1 amide bonds. The first-order chi connectivity index (χ1) is 12.6. The van der Waals surface area contributed by atoms with E-state index < -0.39 is 0 Å². The highest BCUT2D eigenvalue weighted by atomic mass is 35.5. The number of nitrogens with zero attached hydrogens (tertiary/aromatic N) is 2. The second-order valence-electron chi connectivity index (χ2n) is 6.10. The number of nitrogens with one attached hydrogen (secondary N) is 1. The van der Waals surface area contributed by atoms with Crippen molar-refractivity contribution in [1.29, 1.82) is 0 Å². The summed E-state index contributed by atoms with van der Waals surface area (Å²) in [6.45, 7) is 2.58. The molecule has 6 heteroatoms. The molecule has 0 spiro atoms. The van der Waals surface area contributed by atoms with Crippen LogP contribution >= 0.6 is 11.6 Å². The molecule has 2 aromatic carbocycles. The lowest BCUT2D eigenvalue weighted by atomic mass is 10.1. The van der Waals surface area contributed by atoms with Gasteiger partial charge in [-0.3, -0.25) is 4.79 Å². The molecule has 1 N–H and O–H groups in total. The zero-order valence-corrected chi connectivity index (χ0v) is 15.3. The number of rotatable bonds is 7. The molecular weight excluding hydrogens is 350 g/mol. The van der Waals surface area contributed by atoms with Crippen molar-refractivity contribution in [3.05, 3.63) is 70.6 Å². The Morgan fingerprint density at radius 2 is 1.96 bits per heavy atom. The predicted molar refractivity (Wildman–Crippen MR) is 101 cm³/mol. The third kappa shape index (κ3) is 5.17. The van der Waals surface area contributed by atoms with Crippen molar-refractivity contribution >= 4 is 17.5 Å². The van der Waals surface area contributed by atoms with E-state index in [2.05, 4.69) is 15.5 Å². The third-order valence-electron chi connectivity index (χ3n) is 3.92. The Labute approximate surface area is 157 Å². The van der Waals surface area contributed by atoms with Crippen molar-refractivity contribution in [1.82, 2.24) is 15.5 Å². The molecule has 0 atom stereocenters. The van der Waals surface area contributed by atoms with E-state index in [1.54, 1.807) is 0 Å². The van der Waals surface area contributed by atoms with E-state index in [1.165, 1.54) is 0 Å². The molecule has 1 aromatic heterocycles. The minimum absolute atomic E-state index is 0.0395. The maximum atomic E-state index is 12.0. The second kappa shape index (κ2) is 8.63. The SMILES string of the molecule is Cc1cccc(-c2nnc(CCC(=O)NCCc3cccc(Cl)c3)o2)c1. The minimum Gasteiger partial charge on any atom is -0.421 e. The fraction of sp³-hybridized carbons (Fsp3) is 0.250. The van der Waals surface area contributed by atoms with E-state index in [-0.39, 0.29) is 5.91 Å². The zero-order chi connectivity index (χ0) is 18.4. The summed E-state index contributed by atoms with van der Waals surface area (Å²) in [5, 5.41) is 11.7. The standard InChI is InChI=1S/C20H20ClN3O2/c1-14-4-2-6-16(12-14)20-24-23-19(26-20)9-8-18(25)22-11-10-15-5-3-7-17(21)13-15/h2-7,12-13H,8-11H2,1H3,(H,22,25). The Morgan fingerprint density at radius 1 is 1.12 bits per heavy atom. The van der Waals surface area contributed by atoms with Crippen molar-refractivity contribution in [2.45, 2.75) is 26.2 Å². The zero-order valence-electron chi connectivity index (χ0n) is 14.5. The number of benzene rings is 2. The number of aromatic nitrogens is 2. The van der Waals surface area contributed by atoms with Gasteiger partial charge in [0.1, 0.15) is 0 Å². The van der Waals surface area contributed by atoms with Crippen LogP contribution in [0.4, 0.5) is 0 Å². The molecule has 0 aliphatic carbocycles. The molecular formula is C20H20ClN3O2. The minimum atomic E-state index is -0.0395. The van der Waals surface area contributed by atoms with Crippen LogP contribution in [-0.2, 0) is 17.6 Å². The van der Waals surface area contributed by atoms with E-state index in [0.29, 0.717) is 36.2 Å². The number of halogens is 1. The number of hydrogen-bond donors (Lipinski definition) is 1. The number of carbonyl (C=O) groups excluding carboxylic acids is 1. The van der Waals surface area contributed by atoms with Gasteiger partial charge in [-0.1, -0.05) is 41.4 Å². The molecule has 0 unspecified atom stereocenters. The van der Waals surface area contributed by atoms with Gasteiger partial charge in [0.2, 0.25) is 17.7 Å². The molecule has 0 bridgehead atoms. The van der Waals surface area contributed by atoms with Gasteiger partial charge >= 0.3 is 0 Å². The van der Waals surface area contributed by atoms with Gasteiger partial charge in [0, 0.05) is 30.0 Å². The van der Waals surface area contributed by atoms with Crippen LogP contribution < -0.4 is 5.32 Å². The summed E-state index contributed by atoms with van der Waals surface area (Å²) in [6, 6.07) is 15.5. The molecule has 0 aliphatic rings. The summed E-state index contributed by atoms with van der Waals surface area (Å²) < 4.78 is 5.65. The Morgan fingerprint density at radius 3 is 2.77 bits per heavy atom. The summed E-state index contributed by atoms with van der Waals surface area (Å²) in [7, 11) is 0. The van der Waals surface area contributed by atoms with Crippen molar-refractivity contribution in [2.24, 2.45) is 0 Å². The fourth-order valence-electron chi connectivity index (χ4n) is 2.60. The molecule has 1 heterocycles. The lowest BCUT2D eigenvalue weighted by molar-refractivity contribution is -0.121. The third-order valence-corrected chi connectivity index (χ3v) is 4.16. The van der Waals surface area contributed by atoms with Gasteiger partial charge in [-0.05, 0) is 43.2 Å². The molecule has 5 nitrogen and oxygen atoms in total. The van der Waals surface area contributed by atoms with E-state index in [1.807, 2.05) is 55.5 Å². The van der Waals surface area contributed by atoms with Crippen LogP contribution in [0.5, 0.6) is 0 Å². The molecule has 0 aliphatic heterocycles. The van der Waals surface area contributed by atoms with Crippen LogP contribution in [0.25, 0.3) is 11.5 Å². The molecule has 0 fully saturated rings. The first-order valence-corrected chi connectivity index (χ1v) is 8.88. The van der Waals surface area contributed by atoms with Gasteiger partial charge in [0.05, 0.1) is 0 Å². The Kier molecular flexibility index (Phi) is 6.02. The van der Waals surface area contributed by atoms with E-state index in [9.17, 15) is 4.79 Å². The van der Waals surface area contributed by atoms with Crippen LogP contribution in [0, 0.1) is 6.92 Å². The molecule has 26 heavy (non-hydrogen) atoms. The predicted octanol–water partition coefficient (Wildman–Crippen LogP) is 3.99. The molecule has 0 saturated heterocycles. The van der Waals surface area contributed by atoms with Gasteiger partial charge in [-0.15, -0.1) is 10.2 Å². The van der Waals surface area contributed by atoms with Crippen LogP contribution in [0.2, 0.25) is 5.02 Å². The van der Waals surface area contributed by atoms with Gasteiger partial charge in [0.25, 0.3) is 0 Å². The molecule has 134 valence electrons. The average molecular weight is 370 g/mol. The summed E-state index contributed by atoms with van der Waals surface area (Å²) in [5.74, 6) is 0.902. The van der Waals surface area contributed by atoms with Crippen LogP contribution in [0.3, 0.4) is 0 Å². The average Bonchev–Trinajstić information content (AvgIpc) is 3.09. The summed E-state index contributed by atoms with van der Waals surface area (Å²) in [6.07, 6.45) is 1.47. The van der Waals surface area contributed by atoms with Crippen molar-refractivity contribution in [3.63, 3.8) is 0 Å². The fourth-order valence-corrected chi connectivity index (χ4v) is 2.81. The maximum absolute atomic E-state index is 12.0. The number of aryl methyl sites for hydroxylation is 2. The lowest BCUT2D eigenvalue weighted by Crippen LogP contribution is -2.25. The lowest BCUT2D eigenvalue weighted by Gasteiger charge is -2.05. The summed E-state index contributed by atoms with van der Waals surface area (Å²) >= 11 is 5.95. The Hall–Kier alpha value is -2.66. The topological polar surface area (TPSA) is 68.0 Å². The van der Waals surface area contributed by atoms with Crippen LogP contribution in [0.15, 0.2) is 52.9 Å². The van der Waals surface area contributed by atoms with Crippen molar-refractivity contribution in [3.8, 4) is 11.5 Å². The quantitative estimate of drug-likeness (QED) is 0.683. The van der Waals surface area contributed by atoms with E-state index in [4.69, 9.17) is 16.0 Å². The summed E-state index contributed by atoms with van der Waals surface area (Å²) in [4.78, 5) is 12.0. The first-order valence-electron chi connectivity index (χ1n) is 8.51. The normalized spacial score (nSPS) is 10.7. The smallest absolute Gasteiger partial charge is 0.247 e. The van der Waals surface area contributed by atoms with E-state index in [0.717, 1.165) is 23.1 Å². The number of amides is 1. The highest BCUT2D eigenvalue weighted by Crippen LogP contribution is 2.19. The maximum Gasteiger partial charge on any atom is 0.247 e. The van der Waals surface area contributed by atoms with Gasteiger partial charge in [-0.2, -0.15) is 0 Å². The largest absolute Gasteiger partial charge is 0.421 e.